The van der Waals surface area contributed by atoms with Crippen LogP contribution in [0.2, 0.25) is 5.02 Å². The van der Waals surface area contributed by atoms with Gasteiger partial charge in [0, 0.05) is 18.6 Å². The minimum absolute atomic E-state index is 0.210. The second kappa shape index (κ2) is 8.67. The number of nitrogens with zero attached hydrogens (tertiary/aromatic N) is 1. The highest BCUT2D eigenvalue weighted by Crippen LogP contribution is 2.38. The van der Waals surface area contributed by atoms with Crippen LogP contribution in [0.3, 0.4) is 0 Å². The Kier molecular flexibility index (Phi) is 6.58. The number of hydrogen-bond donors (Lipinski definition) is 0. The summed E-state index contributed by atoms with van der Waals surface area (Å²) in [5, 5.41) is 0.468. The van der Waals surface area contributed by atoms with Crippen LogP contribution < -0.4 is 18.9 Å². The molecule has 7 heteroatoms. The molecule has 0 unspecified atom stereocenters. The lowest BCUT2D eigenvalue weighted by molar-refractivity contribution is 0.0781. The zero-order valence-electron chi connectivity index (χ0n) is 15.5. The largest absolute Gasteiger partial charge is 0.496 e. The minimum Gasteiger partial charge on any atom is -0.496 e. The maximum atomic E-state index is 12.8. The summed E-state index contributed by atoms with van der Waals surface area (Å²) in [7, 11) is 7.85. The normalized spacial score (nSPS) is 10.2. The van der Waals surface area contributed by atoms with Gasteiger partial charge in [0.05, 0.1) is 34.0 Å². The molecule has 2 rings (SSSR count). The molecule has 140 valence electrons. The smallest absolute Gasteiger partial charge is 0.257 e. The second-order valence-corrected chi connectivity index (χ2v) is 5.98. The third kappa shape index (κ3) is 4.14. The number of ether oxygens (including phenoxy) is 4. The van der Waals surface area contributed by atoms with Crippen LogP contribution >= 0.6 is 11.6 Å². The van der Waals surface area contributed by atoms with E-state index >= 15 is 0 Å². The quantitative estimate of drug-likeness (QED) is 0.735. The molecule has 0 bridgehead atoms. The third-order valence-electron chi connectivity index (χ3n) is 3.88. The van der Waals surface area contributed by atoms with E-state index in [1.54, 1.807) is 63.6 Å². The Morgan fingerprint density at radius 2 is 1.50 bits per heavy atom. The predicted molar refractivity (Wildman–Crippen MR) is 99.9 cm³/mol. The van der Waals surface area contributed by atoms with Crippen molar-refractivity contribution in [3.8, 4) is 23.0 Å². The van der Waals surface area contributed by atoms with E-state index in [1.165, 1.54) is 7.11 Å². The number of rotatable bonds is 7. The van der Waals surface area contributed by atoms with Gasteiger partial charge >= 0.3 is 0 Å². The standard InChI is InChI=1S/C19H22ClNO5/c1-21(19(22)14-10-13(20)6-7-15(14)23-2)11-12-8-16(24-3)18(26-5)17(9-12)25-4/h6-10H,11H2,1-5H3. The third-order valence-corrected chi connectivity index (χ3v) is 4.12. The zero-order valence-corrected chi connectivity index (χ0v) is 16.2. The van der Waals surface area contributed by atoms with Crippen molar-refractivity contribution in [2.24, 2.45) is 0 Å². The van der Waals surface area contributed by atoms with Crippen molar-refractivity contribution in [1.29, 1.82) is 0 Å². The molecule has 0 fully saturated rings. The molecule has 0 spiro atoms. The van der Waals surface area contributed by atoms with Gasteiger partial charge in [0.2, 0.25) is 5.75 Å². The van der Waals surface area contributed by atoms with Crippen molar-refractivity contribution in [2.75, 3.05) is 35.5 Å². The monoisotopic (exact) mass is 379 g/mol. The van der Waals surface area contributed by atoms with Crippen molar-refractivity contribution in [2.45, 2.75) is 6.54 Å². The van der Waals surface area contributed by atoms with Crippen LogP contribution in [0.1, 0.15) is 15.9 Å². The molecule has 0 heterocycles. The van der Waals surface area contributed by atoms with Gasteiger partial charge in [-0.15, -0.1) is 0 Å². The molecule has 2 aromatic carbocycles. The van der Waals surface area contributed by atoms with E-state index in [2.05, 4.69) is 0 Å². The fourth-order valence-electron chi connectivity index (χ4n) is 2.63. The first kappa shape index (κ1) is 19.7. The van der Waals surface area contributed by atoms with Gasteiger partial charge in [-0.25, -0.2) is 0 Å². The van der Waals surface area contributed by atoms with Crippen molar-refractivity contribution in [3.63, 3.8) is 0 Å². The lowest BCUT2D eigenvalue weighted by atomic mass is 10.1. The molecule has 1 amide bonds. The number of benzene rings is 2. The molecule has 0 N–H and O–H groups in total. The molecule has 0 aliphatic rings. The topological polar surface area (TPSA) is 57.2 Å². The summed E-state index contributed by atoms with van der Waals surface area (Å²) in [6, 6.07) is 8.55. The van der Waals surface area contributed by atoms with Gasteiger partial charge in [-0.05, 0) is 35.9 Å². The summed E-state index contributed by atoms with van der Waals surface area (Å²) >= 11 is 6.02. The Bertz CT molecular complexity index is 768. The minimum atomic E-state index is -0.210. The molecule has 0 radical (unpaired) electrons. The van der Waals surface area contributed by atoms with Crippen LogP contribution in [0, 0.1) is 0 Å². The summed E-state index contributed by atoms with van der Waals surface area (Å²) in [5.74, 6) is 1.82. The Morgan fingerprint density at radius 1 is 0.923 bits per heavy atom. The van der Waals surface area contributed by atoms with Gasteiger partial charge in [-0.3, -0.25) is 4.79 Å². The van der Waals surface area contributed by atoms with E-state index in [1.807, 2.05) is 0 Å². The van der Waals surface area contributed by atoms with E-state index in [9.17, 15) is 4.79 Å². The van der Waals surface area contributed by atoms with Crippen LogP contribution in [0.25, 0.3) is 0 Å². The highest BCUT2D eigenvalue weighted by molar-refractivity contribution is 6.31. The van der Waals surface area contributed by atoms with E-state index in [0.29, 0.717) is 40.1 Å². The van der Waals surface area contributed by atoms with Crippen LogP contribution in [0.4, 0.5) is 0 Å². The van der Waals surface area contributed by atoms with Crippen LogP contribution in [-0.4, -0.2) is 46.3 Å². The van der Waals surface area contributed by atoms with Crippen molar-refractivity contribution in [1.82, 2.24) is 4.90 Å². The molecule has 0 atom stereocenters. The lowest BCUT2D eigenvalue weighted by Crippen LogP contribution is -2.26. The highest BCUT2D eigenvalue weighted by atomic mass is 35.5. The molecule has 0 saturated carbocycles. The van der Waals surface area contributed by atoms with Gasteiger partial charge in [0.25, 0.3) is 5.91 Å². The highest BCUT2D eigenvalue weighted by Gasteiger charge is 2.19. The number of halogens is 1. The molecular formula is C19H22ClNO5. The zero-order chi connectivity index (χ0) is 19.3. The van der Waals surface area contributed by atoms with Gasteiger partial charge in [0.15, 0.2) is 11.5 Å². The summed E-state index contributed by atoms with van der Waals surface area (Å²) < 4.78 is 21.3. The summed E-state index contributed by atoms with van der Waals surface area (Å²) in [6.07, 6.45) is 0. The van der Waals surface area contributed by atoms with E-state index in [-0.39, 0.29) is 5.91 Å². The SMILES string of the molecule is COc1ccc(Cl)cc1C(=O)N(C)Cc1cc(OC)c(OC)c(OC)c1. The van der Waals surface area contributed by atoms with E-state index in [0.717, 1.165) is 5.56 Å². The van der Waals surface area contributed by atoms with Crippen molar-refractivity contribution in [3.05, 3.63) is 46.5 Å². The molecule has 2 aromatic rings. The summed E-state index contributed by atoms with van der Waals surface area (Å²) in [6.45, 7) is 0.339. The molecule has 0 saturated heterocycles. The second-order valence-electron chi connectivity index (χ2n) is 5.54. The Labute approximate surface area is 158 Å². The van der Waals surface area contributed by atoms with Crippen molar-refractivity contribution < 1.29 is 23.7 Å². The number of hydrogen-bond acceptors (Lipinski definition) is 5. The molecule has 0 aromatic heterocycles. The molecule has 0 aliphatic heterocycles. The number of methoxy groups -OCH3 is 4. The molecule has 26 heavy (non-hydrogen) atoms. The number of carbonyl (C=O) groups excluding carboxylic acids is 1. The Hall–Kier alpha value is -2.60. The summed E-state index contributed by atoms with van der Waals surface area (Å²) in [4.78, 5) is 14.4. The molecular weight excluding hydrogens is 358 g/mol. The van der Waals surface area contributed by atoms with Crippen LogP contribution in [0.5, 0.6) is 23.0 Å². The fourth-order valence-corrected chi connectivity index (χ4v) is 2.80. The van der Waals surface area contributed by atoms with Crippen LogP contribution in [0.15, 0.2) is 30.3 Å². The van der Waals surface area contributed by atoms with Gasteiger partial charge < -0.3 is 23.8 Å². The maximum Gasteiger partial charge on any atom is 0.257 e. The van der Waals surface area contributed by atoms with Gasteiger partial charge in [0.1, 0.15) is 5.75 Å². The van der Waals surface area contributed by atoms with Crippen molar-refractivity contribution >= 4 is 17.5 Å². The number of amides is 1. The first-order valence-corrected chi connectivity index (χ1v) is 8.20. The van der Waals surface area contributed by atoms with Gasteiger partial charge in [-0.1, -0.05) is 11.6 Å². The summed E-state index contributed by atoms with van der Waals surface area (Å²) in [5.41, 5.74) is 1.23. The average molecular weight is 380 g/mol. The maximum absolute atomic E-state index is 12.8. The van der Waals surface area contributed by atoms with Crippen LogP contribution in [-0.2, 0) is 6.54 Å². The lowest BCUT2D eigenvalue weighted by Gasteiger charge is -2.20. The average Bonchev–Trinajstić information content (AvgIpc) is 2.66. The Balaban J connectivity index is 2.31. The first-order chi connectivity index (χ1) is 12.4. The van der Waals surface area contributed by atoms with E-state index in [4.69, 9.17) is 30.5 Å². The first-order valence-electron chi connectivity index (χ1n) is 7.83. The fraction of sp³-hybridized carbons (Fsp3) is 0.316. The predicted octanol–water partition coefficient (Wildman–Crippen LogP) is 3.65. The number of carbonyl (C=O) groups is 1. The van der Waals surface area contributed by atoms with E-state index < -0.39 is 0 Å². The molecule has 0 aliphatic carbocycles. The molecule has 6 nitrogen and oxygen atoms in total. The van der Waals surface area contributed by atoms with Gasteiger partial charge in [-0.2, -0.15) is 0 Å². The Morgan fingerprint density at radius 3 is 2.00 bits per heavy atom.